The molecule has 5 N–H and O–H groups in total. The zero-order valence-electron chi connectivity index (χ0n) is 8.25. The van der Waals surface area contributed by atoms with Gasteiger partial charge in [0.15, 0.2) is 0 Å². The molecule has 0 saturated carbocycles. The summed E-state index contributed by atoms with van der Waals surface area (Å²) < 4.78 is 0. The number of rotatable bonds is 7. The van der Waals surface area contributed by atoms with Gasteiger partial charge in [0, 0.05) is 19.5 Å². The van der Waals surface area contributed by atoms with E-state index >= 15 is 0 Å². The molecule has 1 amide bonds. The van der Waals surface area contributed by atoms with Crippen molar-refractivity contribution in [1.82, 2.24) is 10.6 Å². The Hall–Kier alpha value is -1.14. The van der Waals surface area contributed by atoms with Gasteiger partial charge in [0.2, 0.25) is 5.91 Å². The van der Waals surface area contributed by atoms with Gasteiger partial charge in [-0.2, -0.15) is 0 Å². The zero-order chi connectivity index (χ0) is 11.0. The molecule has 0 aliphatic rings. The van der Waals surface area contributed by atoms with Crippen molar-refractivity contribution in [3.63, 3.8) is 0 Å². The number of carboxylic acid groups (broad SMARTS) is 1. The maximum atomic E-state index is 11.0. The van der Waals surface area contributed by atoms with E-state index in [4.69, 9.17) is 10.8 Å². The van der Waals surface area contributed by atoms with Crippen LogP contribution >= 0.6 is 0 Å². The van der Waals surface area contributed by atoms with Crippen LogP contribution in [-0.4, -0.2) is 42.7 Å². The minimum absolute atomic E-state index is 0.0853. The number of carbonyl (C=O) groups excluding carboxylic acids is 1. The Bertz CT molecular complexity index is 196. The van der Waals surface area contributed by atoms with Gasteiger partial charge in [-0.25, -0.2) is 0 Å². The molecule has 0 aromatic heterocycles. The van der Waals surface area contributed by atoms with E-state index in [1.54, 1.807) is 6.92 Å². The van der Waals surface area contributed by atoms with Gasteiger partial charge in [-0.3, -0.25) is 9.59 Å². The summed E-state index contributed by atoms with van der Waals surface area (Å²) >= 11 is 0. The van der Waals surface area contributed by atoms with Crippen molar-refractivity contribution in [2.24, 2.45) is 5.73 Å². The first-order chi connectivity index (χ1) is 6.61. The molecule has 0 heterocycles. The lowest BCUT2D eigenvalue weighted by Gasteiger charge is -2.13. The van der Waals surface area contributed by atoms with Crippen LogP contribution in [0.25, 0.3) is 0 Å². The number of hydrogen-bond donors (Lipinski definition) is 4. The number of amides is 1. The molecule has 0 rings (SSSR count). The summed E-state index contributed by atoms with van der Waals surface area (Å²) in [6.07, 6.45) is 0.221. The van der Waals surface area contributed by atoms with Gasteiger partial charge in [0.1, 0.15) is 6.04 Å². The van der Waals surface area contributed by atoms with Gasteiger partial charge in [-0.1, -0.05) is 6.92 Å². The van der Waals surface area contributed by atoms with Crippen LogP contribution in [0.15, 0.2) is 0 Å². The van der Waals surface area contributed by atoms with Gasteiger partial charge in [0.25, 0.3) is 0 Å². The largest absolute Gasteiger partial charge is 0.480 e. The molecule has 0 aromatic rings. The summed E-state index contributed by atoms with van der Waals surface area (Å²) in [7, 11) is 0. The first-order valence-corrected chi connectivity index (χ1v) is 4.54. The van der Waals surface area contributed by atoms with E-state index < -0.39 is 12.0 Å². The summed E-state index contributed by atoms with van der Waals surface area (Å²) in [4.78, 5) is 21.6. The SMILES string of the molecule is CCN[C@H](CNC(=O)CCN)C(=O)O. The topological polar surface area (TPSA) is 104 Å². The number of hydrogen-bond acceptors (Lipinski definition) is 4. The molecule has 6 heteroatoms. The molecule has 6 nitrogen and oxygen atoms in total. The van der Waals surface area contributed by atoms with Crippen LogP contribution in [0.3, 0.4) is 0 Å². The average Bonchev–Trinajstić information content (AvgIpc) is 2.12. The van der Waals surface area contributed by atoms with Gasteiger partial charge in [-0.05, 0) is 6.54 Å². The van der Waals surface area contributed by atoms with Crippen LogP contribution in [0.4, 0.5) is 0 Å². The van der Waals surface area contributed by atoms with Crippen molar-refractivity contribution >= 4 is 11.9 Å². The second-order valence-electron chi connectivity index (χ2n) is 2.79. The molecule has 0 aromatic carbocycles. The van der Waals surface area contributed by atoms with Gasteiger partial charge < -0.3 is 21.5 Å². The van der Waals surface area contributed by atoms with Crippen molar-refractivity contribution in [1.29, 1.82) is 0 Å². The normalized spacial score (nSPS) is 12.1. The third kappa shape index (κ3) is 5.50. The van der Waals surface area contributed by atoms with Gasteiger partial charge in [-0.15, -0.1) is 0 Å². The molecule has 0 radical (unpaired) electrons. The lowest BCUT2D eigenvalue weighted by molar-refractivity contribution is -0.139. The fourth-order valence-corrected chi connectivity index (χ4v) is 0.929. The molecular weight excluding hydrogens is 186 g/mol. The van der Waals surface area contributed by atoms with Crippen molar-refractivity contribution in [3.8, 4) is 0 Å². The molecule has 1 atom stereocenters. The third-order valence-electron chi connectivity index (χ3n) is 1.62. The molecule has 0 unspecified atom stereocenters. The van der Waals surface area contributed by atoms with Crippen LogP contribution in [0.5, 0.6) is 0 Å². The summed E-state index contributed by atoms with van der Waals surface area (Å²) in [5.74, 6) is -1.20. The van der Waals surface area contributed by atoms with E-state index in [1.807, 2.05) is 0 Å². The Morgan fingerprint density at radius 1 is 1.50 bits per heavy atom. The summed E-state index contributed by atoms with van der Waals surface area (Å²) in [6.45, 7) is 2.70. The maximum absolute atomic E-state index is 11.0. The number of nitrogens with one attached hydrogen (secondary N) is 2. The Labute approximate surface area is 82.9 Å². The van der Waals surface area contributed by atoms with E-state index in [9.17, 15) is 9.59 Å². The average molecular weight is 203 g/mol. The van der Waals surface area contributed by atoms with Crippen molar-refractivity contribution in [2.45, 2.75) is 19.4 Å². The Morgan fingerprint density at radius 2 is 2.14 bits per heavy atom. The zero-order valence-corrected chi connectivity index (χ0v) is 8.25. The minimum atomic E-state index is -0.972. The fourth-order valence-electron chi connectivity index (χ4n) is 0.929. The summed E-state index contributed by atoms with van der Waals surface area (Å²) in [6, 6.07) is -0.735. The van der Waals surface area contributed by atoms with Gasteiger partial charge >= 0.3 is 5.97 Å². The fraction of sp³-hybridized carbons (Fsp3) is 0.750. The summed E-state index contributed by atoms with van der Waals surface area (Å²) in [5.41, 5.74) is 5.16. The standard InChI is InChI=1S/C8H17N3O3/c1-2-10-6(8(13)14)5-11-7(12)3-4-9/h6,10H,2-5,9H2,1H3,(H,11,12)(H,13,14)/t6-/m1/s1. The highest BCUT2D eigenvalue weighted by molar-refractivity contribution is 5.78. The van der Waals surface area contributed by atoms with Crippen LogP contribution < -0.4 is 16.4 Å². The number of nitrogens with two attached hydrogens (primary N) is 1. The number of carboxylic acids is 1. The van der Waals surface area contributed by atoms with Crippen LogP contribution in [0.1, 0.15) is 13.3 Å². The molecule has 0 aliphatic heterocycles. The summed E-state index contributed by atoms with van der Waals surface area (Å²) in [5, 5.41) is 13.9. The number of likely N-dealkylation sites (N-methyl/N-ethyl adjacent to an activating group) is 1. The highest BCUT2D eigenvalue weighted by Crippen LogP contribution is 1.83. The highest BCUT2D eigenvalue weighted by Gasteiger charge is 2.16. The second-order valence-corrected chi connectivity index (χ2v) is 2.79. The molecule has 0 spiro atoms. The smallest absolute Gasteiger partial charge is 0.322 e. The van der Waals surface area contributed by atoms with Crippen molar-refractivity contribution in [3.05, 3.63) is 0 Å². The molecule has 0 fully saturated rings. The predicted molar refractivity (Wildman–Crippen MR) is 51.8 cm³/mol. The monoisotopic (exact) mass is 203 g/mol. The predicted octanol–water partition coefficient (Wildman–Crippen LogP) is -1.49. The molecule has 82 valence electrons. The van der Waals surface area contributed by atoms with Crippen molar-refractivity contribution in [2.75, 3.05) is 19.6 Å². The minimum Gasteiger partial charge on any atom is -0.480 e. The molecule has 0 saturated heterocycles. The van der Waals surface area contributed by atoms with Crippen molar-refractivity contribution < 1.29 is 14.7 Å². The molecular formula is C8H17N3O3. The number of aliphatic carboxylic acids is 1. The Balaban J connectivity index is 3.81. The lowest BCUT2D eigenvalue weighted by atomic mass is 10.3. The Kier molecular flexibility index (Phi) is 6.69. The molecule has 0 aliphatic carbocycles. The van der Waals surface area contributed by atoms with Crippen LogP contribution in [0, 0.1) is 0 Å². The third-order valence-corrected chi connectivity index (χ3v) is 1.62. The van der Waals surface area contributed by atoms with Gasteiger partial charge in [0.05, 0.1) is 0 Å². The quantitative estimate of drug-likeness (QED) is 0.403. The van der Waals surface area contributed by atoms with E-state index in [-0.39, 0.29) is 25.4 Å². The first kappa shape index (κ1) is 12.9. The van der Waals surface area contributed by atoms with E-state index in [1.165, 1.54) is 0 Å². The first-order valence-electron chi connectivity index (χ1n) is 4.54. The van der Waals surface area contributed by atoms with Crippen LogP contribution in [0.2, 0.25) is 0 Å². The lowest BCUT2D eigenvalue weighted by Crippen LogP contribution is -2.46. The van der Waals surface area contributed by atoms with E-state index in [2.05, 4.69) is 10.6 Å². The van der Waals surface area contributed by atoms with Crippen LogP contribution in [-0.2, 0) is 9.59 Å². The highest BCUT2D eigenvalue weighted by atomic mass is 16.4. The maximum Gasteiger partial charge on any atom is 0.322 e. The van der Waals surface area contributed by atoms with E-state index in [0.29, 0.717) is 6.54 Å². The van der Waals surface area contributed by atoms with E-state index in [0.717, 1.165) is 0 Å². The second kappa shape index (κ2) is 7.28. The number of carbonyl (C=O) groups is 2. The molecule has 0 bridgehead atoms. The Morgan fingerprint density at radius 3 is 2.57 bits per heavy atom. The molecule has 14 heavy (non-hydrogen) atoms.